The molecular formula is C15H26N2O3. The summed E-state index contributed by atoms with van der Waals surface area (Å²) in [4.78, 5) is 12.8. The van der Waals surface area contributed by atoms with Crippen molar-refractivity contribution in [3.05, 3.63) is 0 Å². The van der Waals surface area contributed by atoms with Crippen molar-refractivity contribution in [2.45, 2.75) is 77.0 Å². The second-order valence-corrected chi connectivity index (χ2v) is 6.70. The van der Waals surface area contributed by atoms with Crippen molar-refractivity contribution in [1.29, 1.82) is 5.26 Å². The Balaban J connectivity index is 2.91. The minimum atomic E-state index is -1.27. The second-order valence-electron chi connectivity index (χ2n) is 6.70. The predicted molar refractivity (Wildman–Crippen MR) is 76.2 cm³/mol. The number of aliphatic hydroxyl groups excluding tert-OH is 1. The lowest BCUT2D eigenvalue weighted by molar-refractivity contribution is 0.0141. The highest BCUT2D eigenvalue weighted by molar-refractivity contribution is 5.66. The lowest BCUT2D eigenvalue weighted by Gasteiger charge is -2.41. The van der Waals surface area contributed by atoms with Crippen LogP contribution >= 0.6 is 0 Å². The van der Waals surface area contributed by atoms with Gasteiger partial charge >= 0.3 is 6.09 Å². The average Bonchev–Trinajstić information content (AvgIpc) is 2.36. The number of carboxylic acid groups (broad SMARTS) is 1. The van der Waals surface area contributed by atoms with E-state index >= 15 is 0 Å². The van der Waals surface area contributed by atoms with Gasteiger partial charge in [-0.25, -0.2) is 4.79 Å². The van der Waals surface area contributed by atoms with Gasteiger partial charge in [-0.1, -0.05) is 32.1 Å². The molecule has 0 bridgehead atoms. The molecule has 1 saturated carbocycles. The Labute approximate surface area is 121 Å². The lowest BCUT2D eigenvalue weighted by Crippen LogP contribution is -2.55. The van der Waals surface area contributed by atoms with Crippen LogP contribution in [0.25, 0.3) is 0 Å². The SMILES string of the molecule is CC(C)(C)N(C(=O)O)[C@H](CC1CCCCC1)C(O)C#N. The molecule has 2 atom stereocenters. The predicted octanol–water partition coefficient (Wildman–Crippen LogP) is 2.99. The molecule has 0 aromatic rings. The summed E-state index contributed by atoms with van der Waals surface area (Å²) in [7, 11) is 0. The first kappa shape index (κ1) is 16.8. The van der Waals surface area contributed by atoms with E-state index in [1.807, 2.05) is 6.07 Å². The fraction of sp³-hybridized carbons (Fsp3) is 0.867. The first-order chi connectivity index (χ1) is 9.27. The normalized spacial score (nSPS) is 19.9. The molecular weight excluding hydrogens is 256 g/mol. The molecule has 1 amide bonds. The van der Waals surface area contributed by atoms with Crippen LogP contribution in [0, 0.1) is 17.2 Å². The van der Waals surface area contributed by atoms with E-state index < -0.39 is 23.8 Å². The highest BCUT2D eigenvalue weighted by atomic mass is 16.4. The Bertz CT molecular complexity index is 364. The molecule has 1 aliphatic rings. The molecule has 0 aromatic carbocycles. The molecule has 0 radical (unpaired) electrons. The summed E-state index contributed by atoms with van der Waals surface area (Å²) >= 11 is 0. The van der Waals surface area contributed by atoms with E-state index in [1.165, 1.54) is 11.3 Å². The third kappa shape index (κ3) is 4.38. The van der Waals surface area contributed by atoms with Gasteiger partial charge in [-0.3, -0.25) is 4.90 Å². The van der Waals surface area contributed by atoms with E-state index in [2.05, 4.69) is 0 Å². The average molecular weight is 282 g/mol. The zero-order valence-corrected chi connectivity index (χ0v) is 12.7. The summed E-state index contributed by atoms with van der Waals surface area (Å²) < 4.78 is 0. The van der Waals surface area contributed by atoms with Crippen molar-refractivity contribution >= 4 is 6.09 Å². The molecule has 0 saturated heterocycles. The third-order valence-corrected chi connectivity index (χ3v) is 4.06. The van der Waals surface area contributed by atoms with E-state index in [9.17, 15) is 15.0 Å². The van der Waals surface area contributed by atoms with Gasteiger partial charge < -0.3 is 10.2 Å². The van der Waals surface area contributed by atoms with Crippen molar-refractivity contribution in [1.82, 2.24) is 4.90 Å². The van der Waals surface area contributed by atoms with E-state index in [1.54, 1.807) is 20.8 Å². The van der Waals surface area contributed by atoms with Gasteiger partial charge in [-0.2, -0.15) is 5.26 Å². The summed E-state index contributed by atoms with van der Waals surface area (Å²) in [6.45, 7) is 5.37. The quantitative estimate of drug-likeness (QED) is 0.776. The fourth-order valence-electron chi connectivity index (χ4n) is 3.15. The van der Waals surface area contributed by atoms with Crippen LogP contribution in [0.4, 0.5) is 4.79 Å². The molecule has 0 heterocycles. The smallest absolute Gasteiger partial charge is 0.408 e. The molecule has 5 nitrogen and oxygen atoms in total. The van der Waals surface area contributed by atoms with Crippen LogP contribution in [0.15, 0.2) is 0 Å². The van der Waals surface area contributed by atoms with Gasteiger partial charge in [0.25, 0.3) is 0 Å². The molecule has 0 spiro atoms. The third-order valence-electron chi connectivity index (χ3n) is 4.06. The van der Waals surface area contributed by atoms with Crippen LogP contribution in [0.5, 0.6) is 0 Å². The molecule has 114 valence electrons. The Kier molecular flexibility index (Phi) is 5.82. The van der Waals surface area contributed by atoms with Crippen LogP contribution in [-0.4, -0.2) is 38.9 Å². The Hall–Kier alpha value is -1.28. The van der Waals surface area contributed by atoms with E-state index in [-0.39, 0.29) is 0 Å². The minimum absolute atomic E-state index is 0.404. The molecule has 2 N–H and O–H groups in total. The molecule has 5 heteroatoms. The molecule has 0 aliphatic heterocycles. The van der Waals surface area contributed by atoms with Gasteiger partial charge in [0, 0.05) is 5.54 Å². The van der Waals surface area contributed by atoms with Crippen LogP contribution in [-0.2, 0) is 0 Å². The Morgan fingerprint density at radius 3 is 2.30 bits per heavy atom. The van der Waals surface area contributed by atoms with E-state index in [0.717, 1.165) is 25.7 Å². The van der Waals surface area contributed by atoms with Gasteiger partial charge in [0.1, 0.15) is 0 Å². The maximum atomic E-state index is 11.6. The van der Waals surface area contributed by atoms with E-state index in [0.29, 0.717) is 12.3 Å². The summed E-state index contributed by atoms with van der Waals surface area (Å²) in [5.74, 6) is 0.404. The number of nitriles is 1. The molecule has 1 fully saturated rings. The number of rotatable bonds is 4. The maximum absolute atomic E-state index is 11.6. The summed E-state index contributed by atoms with van der Waals surface area (Å²) in [6.07, 6.45) is 3.88. The zero-order chi connectivity index (χ0) is 15.3. The highest BCUT2D eigenvalue weighted by Crippen LogP contribution is 2.31. The van der Waals surface area contributed by atoms with Crippen LogP contribution < -0.4 is 0 Å². The maximum Gasteiger partial charge on any atom is 0.408 e. The number of hydrogen-bond donors (Lipinski definition) is 2. The first-order valence-corrected chi connectivity index (χ1v) is 7.37. The van der Waals surface area contributed by atoms with Crippen molar-refractivity contribution < 1.29 is 15.0 Å². The van der Waals surface area contributed by atoms with Crippen molar-refractivity contribution in [3.8, 4) is 6.07 Å². The number of carbonyl (C=O) groups is 1. The second kappa shape index (κ2) is 6.94. The van der Waals surface area contributed by atoms with Crippen molar-refractivity contribution in [3.63, 3.8) is 0 Å². The minimum Gasteiger partial charge on any atom is -0.465 e. The molecule has 0 aromatic heterocycles. The van der Waals surface area contributed by atoms with Crippen molar-refractivity contribution in [2.75, 3.05) is 0 Å². The summed E-state index contributed by atoms with van der Waals surface area (Å²) in [6, 6.07) is 1.16. The van der Waals surface area contributed by atoms with Gasteiger partial charge in [-0.05, 0) is 33.1 Å². The first-order valence-electron chi connectivity index (χ1n) is 7.37. The highest BCUT2D eigenvalue weighted by Gasteiger charge is 2.38. The fourth-order valence-corrected chi connectivity index (χ4v) is 3.15. The van der Waals surface area contributed by atoms with Gasteiger partial charge in [-0.15, -0.1) is 0 Å². The summed E-state index contributed by atoms with van der Waals surface area (Å²) in [5.41, 5.74) is -0.636. The number of nitrogens with zero attached hydrogens (tertiary/aromatic N) is 2. The zero-order valence-electron chi connectivity index (χ0n) is 12.7. The van der Waals surface area contributed by atoms with E-state index in [4.69, 9.17) is 5.26 Å². The lowest BCUT2D eigenvalue weighted by atomic mass is 9.82. The largest absolute Gasteiger partial charge is 0.465 e. The van der Waals surface area contributed by atoms with Gasteiger partial charge in [0.2, 0.25) is 0 Å². The summed E-state index contributed by atoms with van der Waals surface area (Å²) in [5, 5.41) is 28.4. The Morgan fingerprint density at radius 2 is 1.90 bits per heavy atom. The Morgan fingerprint density at radius 1 is 1.35 bits per heavy atom. The molecule has 1 aliphatic carbocycles. The number of hydrogen-bond acceptors (Lipinski definition) is 3. The van der Waals surface area contributed by atoms with Crippen LogP contribution in [0.1, 0.15) is 59.3 Å². The molecule has 20 heavy (non-hydrogen) atoms. The number of aliphatic hydroxyl groups is 1. The van der Waals surface area contributed by atoms with Crippen molar-refractivity contribution in [2.24, 2.45) is 5.92 Å². The molecule has 1 unspecified atom stereocenters. The monoisotopic (exact) mass is 282 g/mol. The van der Waals surface area contributed by atoms with Gasteiger partial charge in [0.05, 0.1) is 12.1 Å². The molecule has 1 rings (SSSR count). The van der Waals surface area contributed by atoms with Crippen LogP contribution in [0.3, 0.4) is 0 Å². The van der Waals surface area contributed by atoms with Gasteiger partial charge in [0.15, 0.2) is 6.10 Å². The number of amides is 1. The van der Waals surface area contributed by atoms with Crippen LogP contribution in [0.2, 0.25) is 0 Å². The standard InChI is InChI=1S/C15H26N2O3/c1-15(2,3)17(14(19)20)12(13(18)10-16)9-11-7-5-4-6-8-11/h11-13,18H,4-9H2,1-3H3,(H,19,20)/t12-,13?/m1/s1. The topological polar surface area (TPSA) is 84.6 Å².